The van der Waals surface area contributed by atoms with Crippen LogP contribution in [-0.4, -0.2) is 0 Å². The van der Waals surface area contributed by atoms with E-state index in [1.165, 1.54) is 41.2 Å². The molecular weight excluding hydrogens is 312 g/mol. The topological polar surface area (TPSA) is 0 Å². The van der Waals surface area contributed by atoms with Gasteiger partial charge in [-0.3, -0.25) is 0 Å². The van der Waals surface area contributed by atoms with Crippen molar-refractivity contribution in [3.05, 3.63) is 83.9 Å². The zero-order chi connectivity index (χ0) is 16.9. The molecule has 4 atom stereocenters. The van der Waals surface area contributed by atoms with Gasteiger partial charge in [0.1, 0.15) is 0 Å². The molecule has 4 aliphatic carbocycles. The third-order valence-corrected chi connectivity index (χ3v) is 8.11. The van der Waals surface area contributed by atoms with Crippen molar-refractivity contribution in [1.82, 2.24) is 0 Å². The second-order valence-corrected chi connectivity index (χ2v) is 9.02. The number of allylic oxidation sites excluding steroid dienone is 2. The fourth-order valence-electron chi connectivity index (χ4n) is 7.23. The van der Waals surface area contributed by atoms with Gasteiger partial charge in [-0.1, -0.05) is 72.8 Å². The lowest BCUT2D eigenvalue weighted by atomic mass is 9.73. The van der Waals surface area contributed by atoms with Gasteiger partial charge in [0.25, 0.3) is 0 Å². The van der Waals surface area contributed by atoms with Crippen molar-refractivity contribution in [3.63, 3.8) is 0 Å². The van der Waals surface area contributed by atoms with E-state index in [4.69, 9.17) is 0 Å². The summed E-state index contributed by atoms with van der Waals surface area (Å²) in [4.78, 5) is 0. The predicted molar refractivity (Wildman–Crippen MR) is 107 cm³/mol. The highest BCUT2D eigenvalue weighted by atomic mass is 14.6. The summed E-state index contributed by atoms with van der Waals surface area (Å²) >= 11 is 0. The summed E-state index contributed by atoms with van der Waals surface area (Å²) in [5.74, 6) is 3.47. The summed E-state index contributed by atoms with van der Waals surface area (Å²) in [6.07, 6.45) is 9.20. The second-order valence-electron chi connectivity index (χ2n) is 9.02. The van der Waals surface area contributed by atoms with Gasteiger partial charge in [-0.25, -0.2) is 0 Å². The third kappa shape index (κ3) is 1.46. The average molecular weight is 334 g/mol. The molecule has 7 rings (SSSR count). The molecule has 26 heavy (non-hydrogen) atoms. The summed E-state index contributed by atoms with van der Waals surface area (Å²) in [5.41, 5.74) is 6.49. The molecule has 0 radical (unpaired) electrons. The number of hydrogen-bond acceptors (Lipinski definition) is 0. The molecule has 2 fully saturated rings. The van der Waals surface area contributed by atoms with Gasteiger partial charge in [0.2, 0.25) is 0 Å². The zero-order valence-corrected chi connectivity index (χ0v) is 14.9. The van der Waals surface area contributed by atoms with E-state index in [-0.39, 0.29) is 5.41 Å². The lowest BCUT2D eigenvalue weighted by Crippen LogP contribution is -2.23. The summed E-state index contributed by atoms with van der Waals surface area (Å²) in [6.45, 7) is 0. The number of fused-ring (bicyclic) bond motifs is 12. The molecule has 0 aromatic heterocycles. The van der Waals surface area contributed by atoms with E-state index in [2.05, 4.69) is 72.8 Å². The lowest BCUT2D eigenvalue weighted by Gasteiger charge is -2.30. The zero-order valence-electron chi connectivity index (χ0n) is 14.9. The standard InChI is InChI=1S/C26H22/c1-2-6-19-16(5-1)11-12-21-20-7-3-4-8-24(20)26(25(19)21)14-22-17-9-10-18(13-17)23(22)15-26/h1-12,17-18,22-23H,13-15H2. The van der Waals surface area contributed by atoms with Crippen LogP contribution in [0.5, 0.6) is 0 Å². The highest BCUT2D eigenvalue weighted by molar-refractivity contribution is 5.97. The number of hydrogen-bond donors (Lipinski definition) is 0. The molecule has 0 saturated heterocycles. The molecule has 0 nitrogen and oxygen atoms in total. The van der Waals surface area contributed by atoms with Gasteiger partial charge in [0, 0.05) is 5.41 Å². The Morgan fingerprint density at radius 2 is 1.42 bits per heavy atom. The summed E-state index contributed by atoms with van der Waals surface area (Å²) in [7, 11) is 0. The molecule has 3 aromatic rings. The normalized spacial score (nSPS) is 35.2. The van der Waals surface area contributed by atoms with Crippen LogP contribution >= 0.6 is 0 Å². The first-order chi connectivity index (χ1) is 12.9. The van der Waals surface area contributed by atoms with Crippen LogP contribution < -0.4 is 0 Å². The van der Waals surface area contributed by atoms with Crippen molar-refractivity contribution in [2.45, 2.75) is 24.7 Å². The Hall–Kier alpha value is -2.34. The quantitative estimate of drug-likeness (QED) is 0.421. The average Bonchev–Trinajstić information content (AvgIpc) is 3.43. The van der Waals surface area contributed by atoms with E-state index >= 15 is 0 Å². The van der Waals surface area contributed by atoms with Crippen LogP contribution in [0.4, 0.5) is 0 Å². The van der Waals surface area contributed by atoms with Gasteiger partial charge in [-0.2, -0.15) is 0 Å². The van der Waals surface area contributed by atoms with Gasteiger partial charge in [-0.05, 0) is 76.0 Å². The molecule has 126 valence electrons. The lowest BCUT2D eigenvalue weighted by molar-refractivity contribution is 0.364. The van der Waals surface area contributed by atoms with Crippen molar-refractivity contribution < 1.29 is 0 Å². The minimum atomic E-state index is 0.241. The molecule has 2 bridgehead atoms. The molecule has 4 unspecified atom stereocenters. The Kier molecular flexibility index (Phi) is 2.38. The van der Waals surface area contributed by atoms with Crippen LogP contribution in [0.3, 0.4) is 0 Å². The number of benzene rings is 3. The van der Waals surface area contributed by atoms with Crippen LogP contribution in [0.1, 0.15) is 30.4 Å². The van der Waals surface area contributed by atoms with Crippen LogP contribution in [-0.2, 0) is 5.41 Å². The van der Waals surface area contributed by atoms with Gasteiger partial charge in [0.15, 0.2) is 0 Å². The van der Waals surface area contributed by atoms with Crippen LogP contribution in [0, 0.1) is 23.7 Å². The van der Waals surface area contributed by atoms with Crippen molar-refractivity contribution >= 4 is 10.8 Å². The Morgan fingerprint density at radius 1 is 0.692 bits per heavy atom. The molecule has 0 N–H and O–H groups in total. The Bertz CT molecular complexity index is 1080. The molecule has 0 heterocycles. The van der Waals surface area contributed by atoms with Gasteiger partial charge < -0.3 is 0 Å². The smallest absolute Gasteiger partial charge is 0.0227 e. The molecule has 0 heteroatoms. The van der Waals surface area contributed by atoms with Gasteiger partial charge >= 0.3 is 0 Å². The van der Waals surface area contributed by atoms with Crippen LogP contribution in [0.15, 0.2) is 72.8 Å². The first-order valence-electron chi connectivity index (χ1n) is 10.2. The Labute approximate surface area is 154 Å². The highest BCUT2D eigenvalue weighted by Crippen LogP contribution is 2.67. The SMILES string of the molecule is C1=CC2CC1C1CC3(CC21)c1ccccc1-c1ccc2ccccc2c13. The molecule has 0 amide bonds. The van der Waals surface area contributed by atoms with Gasteiger partial charge in [-0.15, -0.1) is 0 Å². The van der Waals surface area contributed by atoms with E-state index in [0.29, 0.717) is 0 Å². The van der Waals surface area contributed by atoms with E-state index in [0.717, 1.165) is 23.7 Å². The van der Waals surface area contributed by atoms with E-state index in [1.807, 2.05) is 0 Å². The second kappa shape index (κ2) is 4.49. The first-order valence-corrected chi connectivity index (χ1v) is 10.2. The summed E-state index contributed by atoms with van der Waals surface area (Å²) < 4.78 is 0. The minimum Gasteiger partial charge on any atom is -0.0848 e. The summed E-state index contributed by atoms with van der Waals surface area (Å²) in [5, 5.41) is 2.89. The Balaban J connectivity index is 1.55. The summed E-state index contributed by atoms with van der Waals surface area (Å²) in [6, 6.07) is 23.0. The Morgan fingerprint density at radius 3 is 2.27 bits per heavy atom. The molecule has 0 aliphatic heterocycles. The largest absolute Gasteiger partial charge is 0.0848 e. The van der Waals surface area contributed by atoms with Crippen molar-refractivity contribution in [3.8, 4) is 11.1 Å². The third-order valence-electron chi connectivity index (χ3n) is 8.11. The van der Waals surface area contributed by atoms with Crippen molar-refractivity contribution in [2.24, 2.45) is 23.7 Å². The maximum Gasteiger partial charge on any atom is 0.0227 e. The maximum atomic E-state index is 2.54. The molecule has 2 saturated carbocycles. The number of rotatable bonds is 0. The van der Waals surface area contributed by atoms with Crippen LogP contribution in [0.2, 0.25) is 0 Å². The highest BCUT2D eigenvalue weighted by Gasteiger charge is 2.58. The molecule has 1 spiro atoms. The van der Waals surface area contributed by atoms with Crippen LogP contribution in [0.25, 0.3) is 21.9 Å². The molecular formula is C26H22. The van der Waals surface area contributed by atoms with E-state index in [9.17, 15) is 0 Å². The first kappa shape index (κ1) is 13.8. The monoisotopic (exact) mass is 334 g/mol. The fourth-order valence-corrected chi connectivity index (χ4v) is 7.23. The molecule has 3 aromatic carbocycles. The fraction of sp³-hybridized carbons (Fsp3) is 0.308. The van der Waals surface area contributed by atoms with Gasteiger partial charge in [0.05, 0.1) is 0 Å². The predicted octanol–water partition coefficient (Wildman–Crippen LogP) is 6.34. The molecule has 4 aliphatic rings. The van der Waals surface area contributed by atoms with E-state index in [1.54, 1.807) is 11.1 Å². The van der Waals surface area contributed by atoms with Crippen molar-refractivity contribution in [2.75, 3.05) is 0 Å². The van der Waals surface area contributed by atoms with Crippen molar-refractivity contribution in [1.29, 1.82) is 0 Å². The van der Waals surface area contributed by atoms with E-state index < -0.39 is 0 Å². The maximum absolute atomic E-state index is 2.54. The minimum absolute atomic E-state index is 0.241.